The zero-order valence-electron chi connectivity index (χ0n) is 7.82. The molecule has 0 aromatic heterocycles. The number of unbranched alkanes of at least 4 members (excludes halogenated alkanes) is 1. The van der Waals surface area contributed by atoms with Gasteiger partial charge in [-0.05, 0) is 12.8 Å². The van der Waals surface area contributed by atoms with Gasteiger partial charge in [0, 0.05) is 6.42 Å². The average Bonchev–Trinajstić information content (AvgIpc) is 2.02. The molecule has 0 spiro atoms. The summed E-state index contributed by atoms with van der Waals surface area (Å²) in [4.78, 5) is 20.9. The fraction of sp³-hybridized carbons (Fsp3) is 0.556. The summed E-state index contributed by atoms with van der Waals surface area (Å²) in [5.74, 6) is -0.879. The van der Waals surface area contributed by atoms with Crippen LogP contribution >= 0.6 is 0 Å². The Kier molecular flexibility index (Phi) is 5.59. The van der Waals surface area contributed by atoms with Gasteiger partial charge < -0.3 is 11.5 Å². The number of carbonyl (C=O) groups is 2. The second-order valence-corrected chi connectivity index (χ2v) is 2.98. The number of primary amides is 2. The van der Waals surface area contributed by atoms with E-state index in [-0.39, 0.29) is 17.7 Å². The number of rotatable bonds is 6. The Morgan fingerprint density at radius 2 is 2.00 bits per heavy atom. The van der Waals surface area contributed by atoms with Crippen molar-refractivity contribution in [2.24, 2.45) is 17.4 Å². The fourth-order valence-electron chi connectivity index (χ4n) is 0.789. The molecule has 0 aromatic rings. The molecule has 4 nitrogen and oxygen atoms in total. The topological polar surface area (TPSA) is 86.2 Å². The zero-order chi connectivity index (χ0) is 10.3. The highest BCUT2D eigenvalue weighted by Gasteiger charge is 2.01. The highest BCUT2D eigenvalue weighted by molar-refractivity contribution is 5.78. The van der Waals surface area contributed by atoms with Crippen LogP contribution in [0, 0.1) is 5.92 Å². The molecule has 4 N–H and O–H groups in total. The zero-order valence-corrected chi connectivity index (χ0v) is 7.82. The van der Waals surface area contributed by atoms with Crippen LogP contribution in [0.2, 0.25) is 0 Å². The van der Waals surface area contributed by atoms with Crippen molar-refractivity contribution in [2.45, 2.75) is 26.2 Å². The van der Waals surface area contributed by atoms with Gasteiger partial charge in [0.15, 0.2) is 0 Å². The summed E-state index contributed by atoms with van der Waals surface area (Å²) in [5.41, 5.74) is 9.98. The molecule has 0 rings (SSSR count). The molecule has 0 saturated carbocycles. The molecule has 0 fully saturated rings. The van der Waals surface area contributed by atoms with Gasteiger partial charge in [-0.1, -0.05) is 19.1 Å². The molecular weight excluding hydrogens is 168 g/mol. The van der Waals surface area contributed by atoms with Gasteiger partial charge >= 0.3 is 0 Å². The summed E-state index contributed by atoms with van der Waals surface area (Å²) in [7, 11) is 0. The maximum Gasteiger partial charge on any atom is 0.224 e. The molecular formula is C9H16N2O2. The third kappa shape index (κ3) is 7.05. The summed E-state index contributed by atoms with van der Waals surface area (Å²) in [6.45, 7) is 1.73. The second kappa shape index (κ2) is 6.22. The number of hydrogen-bond acceptors (Lipinski definition) is 2. The maximum atomic E-state index is 10.6. The Morgan fingerprint density at radius 3 is 2.46 bits per heavy atom. The van der Waals surface area contributed by atoms with Gasteiger partial charge in [-0.2, -0.15) is 0 Å². The monoisotopic (exact) mass is 184 g/mol. The Labute approximate surface area is 78.0 Å². The summed E-state index contributed by atoms with van der Waals surface area (Å²) in [6.07, 6.45) is 5.44. The van der Waals surface area contributed by atoms with Gasteiger partial charge in [0.1, 0.15) is 0 Å². The number of carbonyl (C=O) groups excluding carboxylic acids is 2. The number of amides is 2. The van der Waals surface area contributed by atoms with Crippen molar-refractivity contribution in [3.63, 3.8) is 0 Å². The minimum atomic E-state index is -0.342. The van der Waals surface area contributed by atoms with E-state index in [1.807, 2.05) is 6.08 Å². The summed E-state index contributed by atoms with van der Waals surface area (Å²) >= 11 is 0. The molecule has 1 atom stereocenters. The molecule has 0 aliphatic heterocycles. The van der Waals surface area contributed by atoms with E-state index in [9.17, 15) is 9.59 Å². The number of hydrogen-bond donors (Lipinski definition) is 2. The first-order chi connectivity index (χ1) is 6.04. The van der Waals surface area contributed by atoms with E-state index in [0.717, 1.165) is 12.8 Å². The van der Waals surface area contributed by atoms with Crippen molar-refractivity contribution in [1.82, 2.24) is 0 Å². The van der Waals surface area contributed by atoms with E-state index in [2.05, 4.69) is 0 Å². The van der Waals surface area contributed by atoms with Gasteiger partial charge in [-0.25, -0.2) is 0 Å². The lowest BCUT2D eigenvalue weighted by molar-refractivity contribution is -0.120. The Hall–Kier alpha value is -1.32. The van der Waals surface area contributed by atoms with Gasteiger partial charge in [-0.3, -0.25) is 9.59 Å². The van der Waals surface area contributed by atoms with Crippen LogP contribution in [0.1, 0.15) is 26.2 Å². The molecule has 0 saturated heterocycles. The quantitative estimate of drug-likeness (QED) is 0.460. The van der Waals surface area contributed by atoms with Crippen molar-refractivity contribution in [1.29, 1.82) is 0 Å². The van der Waals surface area contributed by atoms with Crippen molar-refractivity contribution in [2.75, 3.05) is 0 Å². The normalized spacial score (nSPS) is 13.0. The van der Waals surface area contributed by atoms with Crippen LogP contribution in [-0.4, -0.2) is 11.8 Å². The molecule has 0 aromatic carbocycles. The molecule has 0 bridgehead atoms. The third-order valence-corrected chi connectivity index (χ3v) is 1.67. The van der Waals surface area contributed by atoms with Crippen molar-refractivity contribution >= 4 is 11.8 Å². The highest BCUT2D eigenvalue weighted by Crippen LogP contribution is 2.00. The van der Waals surface area contributed by atoms with Crippen molar-refractivity contribution in [3.05, 3.63) is 12.2 Å². The molecule has 2 amide bonds. The first-order valence-corrected chi connectivity index (χ1v) is 4.28. The minimum absolute atomic E-state index is 0.242. The van der Waals surface area contributed by atoms with Crippen LogP contribution in [0.15, 0.2) is 12.2 Å². The van der Waals surface area contributed by atoms with E-state index in [4.69, 9.17) is 11.5 Å². The molecule has 0 aliphatic rings. The predicted octanol–water partition coefficient (Wildman–Crippen LogP) is 0.320. The highest BCUT2D eigenvalue weighted by atomic mass is 16.1. The second-order valence-electron chi connectivity index (χ2n) is 2.98. The smallest absolute Gasteiger partial charge is 0.224 e. The van der Waals surface area contributed by atoms with Crippen LogP contribution in [0.3, 0.4) is 0 Å². The Balaban J connectivity index is 3.52. The van der Waals surface area contributed by atoms with Gasteiger partial charge in [-0.15, -0.1) is 0 Å². The maximum absolute atomic E-state index is 10.6. The van der Waals surface area contributed by atoms with Crippen LogP contribution in [0.25, 0.3) is 0 Å². The van der Waals surface area contributed by atoms with Crippen LogP contribution in [0.5, 0.6) is 0 Å². The lowest BCUT2D eigenvalue weighted by Gasteiger charge is -1.98. The molecule has 13 heavy (non-hydrogen) atoms. The summed E-state index contributed by atoms with van der Waals surface area (Å²) < 4.78 is 0. The molecule has 0 aliphatic carbocycles. The van der Waals surface area contributed by atoms with Crippen LogP contribution in [-0.2, 0) is 9.59 Å². The van der Waals surface area contributed by atoms with E-state index < -0.39 is 0 Å². The average molecular weight is 184 g/mol. The Bertz CT molecular complexity index is 212. The van der Waals surface area contributed by atoms with E-state index in [0.29, 0.717) is 6.42 Å². The summed E-state index contributed by atoms with van der Waals surface area (Å²) in [6, 6.07) is 0. The molecule has 0 heterocycles. The first kappa shape index (κ1) is 11.7. The predicted molar refractivity (Wildman–Crippen MR) is 50.5 cm³/mol. The third-order valence-electron chi connectivity index (χ3n) is 1.67. The molecule has 74 valence electrons. The number of nitrogens with two attached hydrogens (primary N) is 2. The minimum Gasteiger partial charge on any atom is -0.370 e. The van der Waals surface area contributed by atoms with E-state index in [1.54, 1.807) is 13.0 Å². The Morgan fingerprint density at radius 1 is 1.38 bits per heavy atom. The van der Waals surface area contributed by atoms with Gasteiger partial charge in [0.25, 0.3) is 0 Å². The lowest BCUT2D eigenvalue weighted by atomic mass is 10.1. The van der Waals surface area contributed by atoms with Gasteiger partial charge in [0.05, 0.1) is 5.92 Å². The van der Waals surface area contributed by atoms with E-state index in [1.165, 1.54) is 0 Å². The molecule has 1 unspecified atom stereocenters. The van der Waals surface area contributed by atoms with E-state index >= 15 is 0 Å². The first-order valence-electron chi connectivity index (χ1n) is 4.28. The standard InChI is InChI=1S/C9H16N2O2/c1-7(9(11)13)5-3-2-4-6-8(10)12/h3,5,7H,2,4,6H2,1H3,(H2,10,12)(H2,11,13). The SMILES string of the molecule is CC(C=CCCCC(N)=O)C(N)=O. The number of allylic oxidation sites excluding steroid dienone is 1. The lowest BCUT2D eigenvalue weighted by Crippen LogP contribution is -2.18. The van der Waals surface area contributed by atoms with Crippen LogP contribution < -0.4 is 11.5 Å². The largest absolute Gasteiger partial charge is 0.370 e. The molecule has 4 heteroatoms. The van der Waals surface area contributed by atoms with Crippen LogP contribution in [0.4, 0.5) is 0 Å². The van der Waals surface area contributed by atoms with Crippen molar-refractivity contribution < 1.29 is 9.59 Å². The van der Waals surface area contributed by atoms with Gasteiger partial charge in [0.2, 0.25) is 11.8 Å². The molecule has 0 radical (unpaired) electrons. The van der Waals surface area contributed by atoms with Crippen molar-refractivity contribution in [3.8, 4) is 0 Å². The summed E-state index contributed by atoms with van der Waals surface area (Å²) in [5, 5.41) is 0. The fourth-order valence-corrected chi connectivity index (χ4v) is 0.789.